The summed E-state index contributed by atoms with van der Waals surface area (Å²) in [4.78, 5) is 19.9. The van der Waals surface area contributed by atoms with Crippen LogP contribution in [0.3, 0.4) is 0 Å². The molecule has 0 aromatic carbocycles. The fourth-order valence-corrected chi connectivity index (χ4v) is 5.85. The van der Waals surface area contributed by atoms with Crippen LogP contribution in [0.15, 0.2) is 12.2 Å². The standard InChI is InChI=1S/C23H39N3O4/c1-15-14-29-9-8-20(15)24(5)17-7-6-16(10-17)21(27)25-12-19-11-18(25)13-26(19)22(28)30-23(2,3)4/h16-20,22,28H,1,6-14H2,2-5H3. The second kappa shape index (κ2) is 8.51. The first-order chi connectivity index (χ1) is 14.1. The van der Waals surface area contributed by atoms with E-state index in [4.69, 9.17) is 9.47 Å². The predicted molar refractivity (Wildman–Crippen MR) is 115 cm³/mol. The molecule has 0 aromatic heterocycles. The number of nitrogens with zero attached hydrogens (tertiary/aromatic N) is 3. The Labute approximate surface area is 181 Å². The van der Waals surface area contributed by atoms with Gasteiger partial charge in [-0.25, -0.2) is 4.90 Å². The Bertz CT molecular complexity index is 663. The van der Waals surface area contributed by atoms with Gasteiger partial charge >= 0.3 is 0 Å². The molecule has 6 atom stereocenters. The third-order valence-corrected chi connectivity index (χ3v) is 7.42. The van der Waals surface area contributed by atoms with Crippen LogP contribution >= 0.6 is 0 Å². The van der Waals surface area contributed by atoms with E-state index in [0.29, 0.717) is 37.7 Å². The summed E-state index contributed by atoms with van der Waals surface area (Å²) < 4.78 is 11.2. The van der Waals surface area contributed by atoms with Gasteiger partial charge < -0.3 is 19.5 Å². The van der Waals surface area contributed by atoms with Gasteiger partial charge in [-0.15, -0.1) is 0 Å². The van der Waals surface area contributed by atoms with E-state index in [0.717, 1.165) is 44.3 Å². The van der Waals surface area contributed by atoms with Crippen molar-refractivity contribution in [2.75, 3.05) is 33.4 Å². The molecule has 4 fully saturated rings. The number of piperazine rings is 1. The molecular weight excluding hydrogens is 382 g/mol. The molecular formula is C23H39N3O4. The zero-order chi connectivity index (χ0) is 21.6. The molecule has 1 N–H and O–H groups in total. The van der Waals surface area contributed by atoms with Gasteiger partial charge in [0.15, 0.2) is 0 Å². The second-order valence-corrected chi connectivity index (χ2v) is 10.6. The third-order valence-electron chi connectivity index (χ3n) is 7.42. The van der Waals surface area contributed by atoms with Crippen molar-refractivity contribution < 1.29 is 19.4 Å². The molecule has 7 nitrogen and oxygen atoms in total. The first-order valence-electron chi connectivity index (χ1n) is 11.5. The quantitative estimate of drug-likeness (QED) is 0.540. The summed E-state index contributed by atoms with van der Waals surface area (Å²) in [6.45, 7) is 12.9. The highest BCUT2D eigenvalue weighted by Crippen LogP contribution is 2.38. The number of carbonyl (C=O) groups is 1. The van der Waals surface area contributed by atoms with Crippen LogP contribution in [-0.4, -0.2) is 95.2 Å². The fraction of sp³-hybridized carbons (Fsp3) is 0.870. The van der Waals surface area contributed by atoms with Crippen molar-refractivity contribution in [3.8, 4) is 0 Å². The summed E-state index contributed by atoms with van der Waals surface area (Å²) in [5, 5.41) is 10.5. The summed E-state index contributed by atoms with van der Waals surface area (Å²) in [5.74, 6) is 0.434. The van der Waals surface area contributed by atoms with Crippen LogP contribution in [0.25, 0.3) is 0 Å². The molecule has 3 heterocycles. The summed E-state index contributed by atoms with van der Waals surface area (Å²) in [6, 6.07) is 1.21. The van der Waals surface area contributed by atoms with Crippen LogP contribution in [0.1, 0.15) is 52.9 Å². The van der Waals surface area contributed by atoms with Crippen LogP contribution in [0, 0.1) is 5.92 Å². The largest absolute Gasteiger partial charge is 0.377 e. The molecule has 4 aliphatic rings. The number of likely N-dealkylation sites (tertiary alicyclic amines) is 2. The number of aliphatic hydroxyl groups excluding tert-OH is 1. The molecule has 3 saturated heterocycles. The van der Waals surface area contributed by atoms with Crippen LogP contribution in [-0.2, 0) is 14.3 Å². The van der Waals surface area contributed by atoms with E-state index in [2.05, 4.69) is 23.4 Å². The summed E-state index contributed by atoms with van der Waals surface area (Å²) in [6.07, 6.45) is 4.02. The van der Waals surface area contributed by atoms with Crippen molar-refractivity contribution >= 4 is 5.91 Å². The van der Waals surface area contributed by atoms with Crippen molar-refractivity contribution in [3.63, 3.8) is 0 Å². The van der Waals surface area contributed by atoms with Crippen LogP contribution < -0.4 is 0 Å². The lowest BCUT2D eigenvalue weighted by Gasteiger charge is -2.39. The van der Waals surface area contributed by atoms with Gasteiger partial charge in [-0.05, 0) is 65.5 Å². The molecule has 0 spiro atoms. The number of hydrogen-bond donors (Lipinski definition) is 1. The minimum Gasteiger partial charge on any atom is -0.377 e. The zero-order valence-electron chi connectivity index (χ0n) is 19.0. The number of amides is 1. The maximum absolute atomic E-state index is 13.3. The molecule has 30 heavy (non-hydrogen) atoms. The number of rotatable bonds is 5. The second-order valence-electron chi connectivity index (χ2n) is 10.6. The van der Waals surface area contributed by atoms with Crippen molar-refractivity contribution in [1.82, 2.24) is 14.7 Å². The number of likely N-dealkylation sites (N-methyl/N-ethyl adjacent to an activating group) is 1. The minimum atomic E-state index is -0.894. The number of ether oxygens (including phenoxy) is 2. The lowest BCUT2D eigenvalue weighted by molar-refractivity contribution is -0.246. The van der Waals surface area contributed by atoms with Crippen molar-refractivity contribution in [2.24, 2.45) is 5.92 Å². The van der Waals surface area contributed by atoms with Crippen LogP contribution in [0.4, 0.5) is 0 Å². The first-order valence-corrected chi connectivity index (χ1v) is 11.5. The summed E-state index contributed by atoms with van der Waals surface area (Å²) >= 11 is 0. The molecule has 0 radical (unpaired) electrons. The average molecular weight is 422 g/mol. The highest BCUT2D eigenvalue weighted by Gasteiger charge is 2.49. The number of aliphatic hydroxyl groups is 1. The van der Waals surface area contributed by atoms with E-state index in [1.54, 1.807) is 0 Å². The number of hydrogen-bond acceptors (Lipinski definition) is 6. The van der Waals surface area contributed by atoms with E-state index >= 15 is 0 Å². The molecule has 1 amide bonds. The van der Waals surface area contributed by atoms with Crippen molar-refractivity contribution in [3.05, 3.63) is 12.2 Å². The molecule has 7 heteroatoms. The Morgan fingerprint density at radius 1 is 1.23 bits per heavy atom. The van der Waals surface area contributed by atoms with Gasteiger partial charge in [0.2, 0.25) is 12.3 Å². The Kier molecular flexibility index (Phi) is 6.30. The van der Waals surface area contributed by atoms with Gasteiger partial charge in [-0.2, -0.15) is 0 Å². The topological polar surface area (TPSA) is 65.5 Å². The van der Waals surface area contributed by atoms with Crippen LogP contribution in [0.2, 0.25) is 0 Å². The first kappa shape index (κ1) is 22.2. The van der Waals surface area contributed by atoms with Gasteiger partial charge in [-0.3, -0.25) is 9.69 Å². The van der Waals surface area contributed by atoms with Crippen molar-refractivity contribution in [1.29, 1.82) is 0 Å². The third kappa shape index (κ3) is 4.46. The van der Waals surface area contributed by atoms with E-state index in [1.807, 2.05) is 25.7 Å². The van der Waals surface area contributed by atoms with E-state index in [-0.39, 0.29) is 18.0 Å². The van der Waals surface area contributed by atoms with E-state index in [9.17, 15) is 9.90 Å². The monoisotopic (exact) mass is 421 g/mol. The lowest BCUT2D eigenvalue weighted by Crippen LogP contribution is -2.54. The van der Waals surface area contributed by atoms with Gasteiger partial charge in [0.25, 0.3) is 0 Å². The molecule has 4 rings (SSSR count). The maximum Gasteiger partial charge on any atom is 0.226 e. The molecule has 1 aliphatic carbocycles. The Hall–Kier alpha value is -0.990. The van der Waals surface area contributed by atoms with Gasteiger partial charge in [0.05, 0.1) is 12.2 Å². The van der Waals surface area contributed by atoms with Crippen molar-refractivity contribution in [2.45, 2.75) is 89.1 Å². The fourth-order valence-electron chi connectivity index (χ4n) is 5.85. The zero-order valence-corrected chi connectivity index (χ0v) is 19.0. The SMILES string of the molecule is C=C1COCCC1N(C)C1CCC(C(=O)N2CC3CC2CN3C(O)OC(C)(C)C)C1. The molecule has 0 aromatic rings. The highest BCUT2D eigenvalue weighted by molar-refractivity contribution is 5.80. The predicted octanol–water partition coefficient (Wildman–Crippen LogP) is 1.81. The van der Waals surface area contributed by atoms with E-state index in [1.165, 1.54) is 0 Å². The number of carbonyl (C=O) groups excluding carboxylic acids is 1. The maximum atomic E-state index is 13.3. The highest BCUT2D eigenvalue weighted by atomic mass is 16.6. The molecule has 1 saturated carbocycles. The Morgan fingerprint density at radius 2 is 2.00 bits per heavy atom. The molecule has 3 aliphatic heterocycles. The summed E-state index contributed by atoms with van der Waals surface area (Å²) in [5.41, 5.74) is 0.767. The average Bonchev–Trinajstić information content (AvgIpc) is 3.41. The van der Waals surface area contributed by atoms with E-state index < -0.39 is 12.0 Å². The normalized spacial score (nSPS) is 36.1. The lowest BCUT2D eigenvalue weighted by atomic mass is 9.99. The van der Waals surface area contributed by atoms with Gasteiger partial charge in [0.1, 0.15) is 0 Å². The Balaban J connectivity index is 1.30. The smallest absolute Gasteiger partial charge is 0.226 e. The molecule has 6 unspecified atom stereocenters. The minimum absolute atomic E-state index is 0.120. The molecule has 170 valence electrons. The van der Waals surface area contributed by atoms with Crippen LogP contribution in [0.5, 0.6) is 0 Å². The van der Waals surface area contributed by atoms with Gasteiger partial charge in [-0.1, -0.05) is 6.58 Å². The summed E-state index contributed by atoms with van der Waals surface area (Å²) in [7, 11) is 2.19. The van der Waals surface area contributed by atoms with Gasteiger partial charge in [0, 0.05) is 49.8 Å². The molecule has 2 bridgehead atoms. The Morgan fingerprint density at radius 3 is 2.63 bits per heavy atom. The number of fused-ring (bicyclic) bond motifs is 2.